The summed E-state index contributed by atoms with van der Waals surface area (Å²) in [5.41, 5.74) is 1.48. The van der Waals surface area contributed by atoms with E-state index in [-0.39, 0.29) is 12.2 Å². The van der Waals surface area contributed by atoms with E-state index in [2.05, 4.69) is 15.9 Å². The summed E-state index contributed by atoms with van der Waals surface area (Å²) >= 11 is 9.10. The number of nitrogens with zero attached hydrogens (tertiary/aromatic N) is 1. The molecule has 0 saturated heterocycles. The van der Waals surface area contributed by atoms with Crippen LogP contribution in [0.1, 0.15) is 21.7 Å². The fraction of sp³-hybridized carbons (Fsp3) is 0.143. The van der Waals surface area contributed by atoms with Gasteiger partial charge in [0.05, 0.1) is 6.42 Å². The van der Waals surface area contributed by atoms with Crippen molar-refractivity contribution in [2.75, 3.05) is 0 Å². The lowest BCUT2D eigenvalue weighted by atomic mass is 10.1. The van der Waals surface area contributed by atoms with E-state index in [1.165, 1.54) is 0 Å². The van der Waals surface area contributed by atoms with E-state index in [4.69, 9.17) is 16.7 Å². The van der Waals surface area contributed by atoms with Crippen LogP contribution in [-0.4, -0.2) is 21.4 Å². The number of carbonyl (C=O) groups is 2. The number of aromatic nitrogens is 1. The molecule has 0 bridgehead atoms. The van der Waals surface area contributed by atoms with E-state index >= 15 is 0 Å². The van der Waals surface area contributed by atoms with Crippen LogP contribution in [0.15, 0.2) is 34.8 Å². The molecule has 0 aliphatic carbocycles. The quantitative estimate of drug-likeness (QED) is 0.855. The fourth-order valence-electron chi connectivity index (χ4n) is 1.94. The third-order valence-corrected chi connectivity index (χ3v) is 3.80. The highest BCUT2D eigenvalue weighted by Crippen LogP contribution is 2.25. The predicted octanol–water partition coefficient (Wildman–Crippen LogP) is 3.30. The van der Waals surface area contributed by atoms with E-state index in [1.807, 2.05) is 0 Å². The lowest BCUT2D eigenvalue weighted by molar-refractivity contribution is -0.136. The highest BCUT2D eigenvalue weighted by atomic mass is 79.9. The van der Waals surface area contributed by atoms with Gasteiger partial charge in [-0.2, -0.15) is 0 Å². The molecule has 1 aromatic heterocycles. The highest BCUT2D eigenvalue weighted by molar-refractivity contribution is 9.10. The summed E-state index contributed by atoms with van der Waals surface area (Å²) in [5, 5.41) is 9.40. The molecule has 1 heterocycles. The molecule has 0 amide bonds. The van der Waals surface area contributed by atoms with Crippen molar-refractivity contribution in [1.82, 2.24) is 4.57 Å². The van der Waals surface area contributed by atoms with Gasteiger partial charge in [0.2, 0.25) is 5.78 Å². The first-order valence-corrected chi connectivity index (χ1v) is 6.93. The van der Waals surface area contributed by atoms with Gasteiger partial charge in [0.1, 0.15) is 5.69 Å². The van der Waals surface area contributed by atoms with Crippen molar-refractivity contribution in [3.05, 3.63) is 56.8 Å². The van der Waals surface area contributed by atoms with Gasteiger partial charge in [0.15, 0.2) is 0 Å². The van der Waals surface area contributed by atoms with Gasteiger partial charge in [-0.05, 0) is 46.3 Å². The van der Waals surface area contributed by atoms with Gasteiger partial charge in [-0.15, -0.1) is 0 Å². The zero-order valence-corrected chi connectivity index (χ0v) is 12.9. The maximum absolute atomic E-state index is 12.5. The molecule has 104 valence electrons. The van der Waals surface area contributed by atoms with Gasteiger partial charge in [-0.25, -0.2) is 0 Å². The molecular weight excluding hydrogens is 346 g/mol. The van der Waals surface area contributed by atoms with Gasteiger partial charge in [-0.1, -0.05) is 11.6 Å². The van der Waals surface area contributed by atoms with Crippen LogP contribution in [0, 0.1) is 0 Å². The van der Waals surface area contributed by atoms with Crippen LogP contribution in [0.25, 0.3) is 0 Å². The van der Waals surface area contributed by atoms with Gasteiger partial charge < -0.3 is 9.67 Å². The van der Waals surface area contributed by atoms with Crippen LogP contribution in [0.3, 0.4) is 0 Å². The van der Waals surface area contributed by atoms with E-state index in [9.17, 15) is 9.59 Å². The second-order valence-corrected chi connectivity index (χ2v) is 5.59. The van der Waals surface area contributed by atoms with Crippen LogP contribution in [0.4, 0.5) is 0 Å². The Bertz CT molecular complexity index is 676. The van der Waals surface area contributed by atoms with E-state index in [0.29, 0.717) is 26.4 Å². The zero-order valence-electron chi connectivity index (χ0n) is 10.6. The topological polar surface area (TPSA) is 59.3 Å². The second-order valence-electron chi connectivity index (χ2n) is 4.30. The second kappa shape index (κ2) is 5.81. The van der Waals surface area contributed by atoms with Crippen LogP contribution in [0.2, 0.25) is 5.02 Å². The minimum absolute atomic E-state index is 0.136. The minimum atomic E-state index is -0.941. The highest BCUT2D eigenvalue weighted by Gasteiger charge is 2.20. The minimum Gasteiger partial charge on any atom is -0.481 e. The zero-order chi connectivity index (χ0) is 14.9. The summed E-state index contributed by atoms with van der Waals surface area (Å²) in [6.07, 6.45) is -0.136. The first kappa shape index (κ1) is 14.8. The van der Waals surface area contributed by atoms with Crippen LogP contribution >= 0.6 is 27.5 Å². The molecule has 0 radical (unpaired) electrons. The average Bonchev–Trinajstić information content (AvgIpc) is 2.64. The smallest absolute Gasteiger partial charge is 0.309 e. The third kappa shape index (κ3) is 2.94. The lowest BCUT2D eigenvalue weighted by Crippen LogP contribution is -2.11. The number of carbonyl (C=O) groups excluding carboxylic acids is 1. The van der Waals surface area contributed by atoms with Crippen molar-refractivity contribution in [3.63, 3.8) is 0 Å². The van der Waals surface area contributed by atoms with Crippen molar-refractivity contribution in [2.45, 2.75) is 6.42 Å². The van der Waals surface area contributed by atoms with E-state index < -0.39 is 5.97 Å². The average molecular weight is 357 g/mol. The number of halogens is 2. The number of rotatable bonds is 4. The summed E-state index contributed by atoms with van der Waals surface area (Å²) in [7, 11) is 1.67. The molecule has 0 saturated carbocycles. The Hall–Kier alpha value is -1.59. The Morgan fingerprint density at radius 1 is 1.30 bits per heavy atom. The molecule has 2 rings (SSSR count). The molecule has 0 spiro atoms. The third-order valence-electron chi connectivity index (χ3n) is 2.94. The molecule has 0 fully saturated rings. The Labute approximate surface area is 129 Å². The molecule has 0 aliphatic rings. The molecule has 1 aromatic carbocycles. The largest absolute Gasteiger partial charge is 0.481 e. The standard InChI is InChI=1S/C14H11BrClNO3/c1-17-10(7-12(18)19)6-11(15)13(17)14(20)8-2-4-9(16)5-3-8/h2-6H,7H2,1H3,(H,18,19). The summed E-state index contributed by atoms with van der Waals surface area (Å²) in [6.45, 7) is 0. The Balaban J connectivity index is 2.42. The van der Waals surface area contributed by atoms with Gasteiger partial charge in [-0.3, -0.25) is 9.59 Å². The lowest BCUT2D eigenvalue weighted by Gasteiger charge is -2.06. The maximum Gasteiger partial charge on any atom is 0.309 e. The van der Waals surface area contributed by atoms with Crippen molar-refractivity contribution < 1.29 is 14.7 Å². The molecular formula is C14H11BrClNO3. The van der Waals surface area contributed by atoms with E-state index in [0.717, 1.165) is 0 Å². The maximum atomic E-state index is 12.5. The number of aliphatic carboxylic acids is 1. The monoisotopic (exact) mass is 355 g/mol. The van der Waals surface area contributed by atoms with Gasteiger partial charge in [0, 0.05) is 27.8 Å². The van der Waals surface area contributed by atoms with Crippen molar-refractivity contribution >= 4 is 39.3 Å². The number of hydrogen-bond donors (Lipinski definition) is 1. The van der Waals surface area contributed by atoms with Gasteiger partial charge in [0.25, 0.3) is 0 Å². The van der Waals surface area contributed by atoms with Crippen molar-refractivity contribution in [1.29, 1.82) is 0 Å². The number of carboxylic acids is 1. The molecule has 6 heteroatoms. The number of ketones is 1. The summed E-state index contributed by atoms with van der Waals surface area (Å²) < 4.78 is 2.17. The predicted molar refractivity (Wildman–Crippen MR) is 79.3 cm³/mol. The molecule has 0 atom stereocenters. The number of benzene rings is 1. The molecule has 1 N–H and O–H groups in total. The molecule has 4 nitrogen and oxygen atoms in total. The van der Waals surface area contributed by atoms with Gasteiger partial charge >= 0.3 is 5.97 Å². The summed E-state index contributed by atoms with van der Waals surface area (Å²) in [6, 6.07) is 8.22. The number of carboxylic acid groups (broad SMARTS) is 1. The first-order valence-electron chi connectivity index (χ1n) is 5.76. The first-order chi connectivity index (χ1) is 9.40. The molecule has 2 aromatic rings. The molecule has 0 aliphatic heterocycles. The van der Waals surface area contributed by atoms with Crippen molar-refractivity contribution in [3.8, 4) is 0 Å². The number of hydrogen-bond acceptors (Lipinski definition) is 2. The van der Waals surface area contributed by atoms with Crippen LogP contribution in [0.5, 0.6) is 0 Å². The normalized spacial score (nSPS) is 10.6. The van der Waals surface area contributed by atoms with Crippen LogP contribution < -0.4 is 0 Å². The fourth-order valence-corrected chi connectivity index (χ4v) is 2.77. The van der Waals surface area contributed by atoms with Crippen molar-refractivity contribution in [2.24, 2.45) is 7.05 Å². The summed E-state index contributed by atoms with van der Waals surface area (Å²) in [5.74, 6) is -1.13. The van der Waals surface area contributed by atoms with Crippen LogP contribution in [-0.2, 0) is 18.3 Å². The molecule has 0 unspecified atom stereocenters. The summed E-state index contributed by atoms with van der Waals surface area (Å²) in [4.78, 5) is 23.2. The Kier molecular flexibility index (Phi) is 4.30. The Morgan fingerprint density at radius 2 is 1.90 bits per heavy atom. The van der Waals surface area contributed by atoms with E-state index in [1.54, 1.807) is 41.9 Å². The SMILES string of the molecule is Cn1c(CC(=O)O)cc(Br)c1C(=O)c1ccc(Cl)cc1. The Morgan fingerprint density at radius 3 is 2.45 bits per heavy atom. The molecule has 20 heavy (non-hydrogen) atoms.